The van der Waals surface area contributed by atoms with Crippen molar-refractivity contribution in [1.82, 2.24) is 15.2 Å². The molecule has 0 radical (unpaired) electrons. The fourth-order valence-electron chi connectivity index (χ4n) is 2.24. The van der Waals surface area contributed by atoms with E-state index in [9.17, 15) is 4.79 Å². The smallest absolute Gasteiger partial charge is 0.255 e. The van der Waals surface area contributed by atoms with Gasteiger partial charge < -0.3 is 15.6 Å². The van der Waals surface area contributed by atoms with Crippen molar-refractivity contribution in [1.29, 1.82) is 0 Å². The van der Waals surface area contributed by atoms with Gasteiger partial charge in [-0.15, -0.1) is 0 Å². The lowest BCUT2D eigenvalue weighted by Crippen LogP contribution is -2.38. The van der Waals surface area contributed by atoms with Gasteiger partial charge >= 0.3 is 0 Å². The molecule has 1 aromatic heterocycles. The van der Waals surface area contributed by atoms with E-state index in [1.807, 2.05) is 0 Å². The zero-order valence-electron chi connectivity index (χ0n) is 10.5. The van der Waals surface area contributed by atoms with Crippen LogP contribution in [0.1, 0.15) is 23.2 Å². The second-order valence-corrected chi connectivity index (χ2v) is 4.55. The molecule has 0 saturated carbocycles. The number of nitrogens with two attached hydrogens (primary N) is 1. The predicted octanol–water partition coefficient (Wildman–Crippen LogP) is 0.191. The molecule has 0 aromatic carbocycles. The molecule has 0 aliphatic carbocycles. The van der Waals surface area contributed by atoms with Crippen LogP contribution in [0.4, 0.5) is 5.69 Å². The molecule has 1 aromatic rings. The van der Waals surface area contributed by atoms with Gasteiger partial charge in [0, 0.05) is 25.0 Å². The van der Waals surface area contributed by atoms with Crippen LogP contribution in [-0.2, 0) is 0 Å². The number of rotatable bonds is 4. The number of hydrogen-bond donors (Lipinski definition) is 3. The molecule has 4 N–H and O–H groups in total. The van der Waals surface area contributed by atoms with Crippen LogP contribution in [0.25, 0.3) is 0 Å². The number of nitrogens with one attached hydrogen (secondary N) is 2. The Hall–Kier alpha value is -1.66. The van der Waals surface area contributed by atoms with Gasteiger partial charge in [-0.05, 0) is 32.5 Å². The minimum absolute atomic E-state index is 0.142. The van der Waals surface area contributed by atoms with Crippen molar-refractivity contribution in [2.24, 2.45) is 5.84 Å². The third-order valence-corrected chi connectivity index (χ3v) is 3.39. The second kappa shape index (κ2) is 5.79. The van der Waals surface area contributed by atoms with Crippen LogP contribution in [-0.4, -0.2) is 42.0 Å². The fourth-order valence-corrected chi connectivity index (χ4v) is 2.24. The van der Waals surface area contributed by atoms with Crippen molar-refractivity contribution >= 4 is 11.6 Å². The van der Waals surface area contributed by atoms with Gasteiger partial charge in [0.25, 0.3) is 5.91 Å². The van der Waals surface area contributed by atoms with Gasteiger partial charge in [-0.3, -0.25) is 15.6 Å². The number of nitrogen functional groups attached to an aromatic ring is 1. The summed E-state index contributed by atoms with van der Waals surface area (Å²) >= 11 is 0. The van der Waals surface area contributed by atoms with E-state index in [0.717, 1.165) is 13.0 Å². The lowest BCUT2D eigenvalue weighted by atomic mass is 10.2. The monoisotopic (exact) mass is 249 g/mol. The fraction of sp³-hybridized carbons (Fsp3) is 0.500. The standard InChI is InChI=1S/C12H19N5O/c1-17-6-2-3-9(17)7-15-12(18)10-8-14-5-4-11(10)16-13/h4-5,8-9H,2-3,6-7,13H2,1H3,(H,14,16)(H,15,18). The Bertz CT molecular complexity index is 423. The Labute approximate surface area is 107 Å². The van der Waals surface area contributed by atoms with E-state index in [2.05, 4.69) is 27.7 Å². The third-order valence-electron chi connectivity index (χ3n) is 3.39. The van der Waals surface area contributed by atoms with Crippen LogP contribution in [0.3, 0.4) is 0 Å². The first-order valence-electron chi connectivity index (χ1n) is 6.11. The minimum Gasteiger partial charge on any atom is -0.350 e. The Morgan fingerprint density at radius 3 is 3.17 bits per heavy atom. The molecule has 0 spiro atoms. The molecule has 1 aliphatic heterocycles. The van der Waals surface area contributed by atoms with Crippen LogP contribution < -0.4 is 16.6 Å². The number of hydrogen-bond acceptors (Lipinski definition) is 5. The number of likely N-dealkylation sites (N-methyl/N-ethyl adjacent to an activating group) is 1. The van der Waals surface area contributed by atoms with Gasteiger partial charge in [0.2, 0.25) is 0 Å². The van der Waals surface area contributed by atoms with Crippen LogP contribution in [0, 0.1) is 0 Å². The van der Waals surface area contributed by atoms with E-state index in [4.69, 9.17) is 5.84 Å². The SMILES string of the molecule is CN1CCCC1CNC(=O)c1cnccc1NN. The van der Waals surface area contributed by atoms with E-state index in [-0.39, 0.29) is 5.91 Å². The van der Waals surface area contributed by atoms with E-state index >= 15 is 0 Å². The van der Waals surface area contributed by atoms with Crippen LogP contribution >= 0.6 is 0 Å². The number of carbonyl (C=O) groups is 1. The summed E-state index contributed by atoms with van der Waals surface area (Å²) in [4.78, 5) is 18.2. The number of aromatic nitrogens is 1. The summed E-state index contributed by atoms with van der Waals surface area (Å²) in [6.45, 7) is 1.76. The molecule has 1 unspecified atom stereocenters. The zero-order valence-corrected chi connectivity index (χ0v) is 10.5. The molecule has 2 heterocycles. The van der Waals surface area contributed by atoms with Gasteiger partial charge in [-0.1, -0.05) is 0 Å². The number of hydrazine groups is 1. The van der Waals surface area contributed by atoms with E-state index in [0.29, 0.717) is 23.8 Å². The van der Waals surface area contributed by atoms with E-state index < -0.39 is 0 Å². The summed E-state index contributed by atoms with van der Waals surface area (Å²) in [6, 6.07) is 2.11. The quantitative estimate of drug-likeness (QED) is 0.524. The maximum absolute atomic E-state index is 12.0. The number of likely N-dealkylation sites (tertiary alicyclic amines) is 1. The Morgan fingerprint density at radius 2 is 2.50 bits per heavy atom. The van der Waals surface area contributed by atoms with Crippen LogP contribution in [0.2, 0.25) is 0 Å². The molecule has 1 fully saturated rings. The maximum atomic E-state index is 12.0. The van der Waals surface area contributed by atoms with E-state index in [1.165, 1.54) is 12.6 Å². The molecule has 98 valence electrons. The summed E-state index contributed by atoms with van der Waals surface area (Å²) in [5.74, 6) is 5.22. The van der Waals surface area contributed by atoms with Crippen LogP contribution in [0.15, 0.2) is 18.5 Å². The lowest BCUT2D eigenvalue weighted by molar-refractivity contribution is 0.0944. The number of pyridine rings is 1. The maximum Gasteiger partial charge on any atom is 0.255 e. The molecular formula is C12H19N5O. The Morgan fingerprint density at radius 1 is 1.67 bits per heavy atom. The van der Waals surface area contributed by atoms with E-state index in [1.54, 1.807) is 12.3 Å². The third kappa shape index (κ3) is 2.77. The molecule has 2 rings (SSSR count). The number of anilines is 1. The Kier molecular flexibility index (Phi) is 4.11. The van der Waals surface area contributed by atoms with Crippen molar-refractivity contribution in [2.45, 2.75) is 18.9 Å². The van der Waals surface area contributed by atoms with Gasteiger partial charge in [-0.2, -0.15) is 0 Å². The summed E-state index contributed by atoms with van der Waals surface area (Å²) in [5, 5.41) is 2.93. The van der Waals surface area contributed by atoms with Gasteiger partial charge in [0.05, 0.1) is 11.3 Å². The normalized spacial score (nSPS) is 19.8. The lowest BCUT2D eigenvalue weighted by Gasteiger charge is -2.19. The highest BCUT2D eigenvalue weighted by Gasteiger charge is 2.21. The van der Waals surface area contributed by atoms with Crippen molar-refractivity contribution in [3.05, 3.63) is 24.0 Å². The summed E-state index contributed by atoms with van der Waals surface area (Å²) in [7, 11) is 2.08. The summed E-state index contributed by atoms with van der Waals surface area (Å²) in [6.07, 6.45) is 5.44. The summed E-state index contributed by atoms with van der Waals surface area (Å²) < 4.78 is 0. The average Bonchev–Trinajstić information content (AvgIpc) is 2.81. The van der Waals surface area contributed by atoms with Crippen molar-refractivity contribution in [2.75, 3.05) is 25.6 Å². The first-order valence-corrected chi connectivity index (χ1v) is 6.11. The molecule has 6 nitrogen and oxygen atoms in total. The average molecular weight is 249 g/mol. The van der Waals surface area contributed by atoms with Crippen molar-refractivity contribution < 1.29 is 4.79 Å². The zero-order chi connectivity index (χ0) is 13.0. The highest BCUT2D eigenvalue weighted by molar-refractivity contribution is 5.99. The molecule has 6 heteroatoms. The highest BCUT2D eigenvalue weighted by Crippen LogP contribution is 2.15. The summed E-state index contributed by atoms with van der Waals surface area (Å²) in [5.41, 5.74) is 3.56. The second-order valence-electron chi connectivity index (χ2n) is 4.55. The minimum atomic E-state index is -0.142. The molecule has 1 amide bonds. The molecular weight excluding hydrogens is 230 g/mol. The topological polar surface area (TPSA) is 83.3 Å². The molecule has 1 aliphatic rings. The van der Waals surface area contributed by atoms with Gasteiger partial charge in [0.1, 0.15) is 0 Å². The molecule has 0 bridgehead atoms. The molecule has 1 atom stereocenters. The molecule has 1 saturated heterocycles. The van der Waals surface area contributed by atoms with Gasteiger partial charge in [0.15, 0.2) is 0 Å². The van der Waals surface area contributed by atoms with Crippen molar-refractivity contribution in [3.8, 4) is 0 Å². The first kappa shape index (κ1) is 12.8. The molecule has 18 heavy (non-hydrogen) atoms. The largest absolute Gasteiger partial charge is 0.350 e. The van der Waals surface area contributed by atoms with Crippen molar-refractivity contribution in [3.63, 3.8) is 0 Å². The Balaban J connectivity index is 1.95. The predicted molar refractivity (Wildman–Crippen MR) is 70.0 cm³/mol. The number of nitrogens with zero attached hydrogens (tertiary/aromatic N) is 2. The first-order chi connectivity index (χ1) is 8.72. The number of carbonyl (C=O) groups excluding carboxylic acids is 1. The highest BCUT2D eigenvalue weighted by atomic mass is 16.1. The van der Waals surface area contributed by atoms with Crippen LogP contribution in [0.5, 0.6) is 0 Å². The van der Waals surface area contributed by atoms with Gasteiger partial charge in [-0.25, -0.2) is 0 Å². The number of amides is 1.